The first-order chi connectivity index (χ1) is 13.2. The number of thiazole rings is 1. The maximum atomic E-state index is 12.7. The van der Waals surface area contributed by atoms with Crippen molar-refractivity contribution in [2.24, 2.45) is 0 Å². The molecule has 0 N–H and O–H groups in total. The molecule has 7 nitrogen and oxygen atoms in total. The molecule has 1 amide bonds. The number of fused-ring (bicyclic) bond motifs is 1. The van der Waals surface area contributed by atoms with Crippen molar-refractivity contribution in [3.8, 4) is 6.07 Å². The van der Waals surface area contributed by atoms with Gasteiger partial charge in [-0.1, -0.05) is 12.1 Å². The minimum atomic E-state index is -0.314. The fourth-order valence-electron chi connectivity index (χ4n) is 3.19. The summed E-state index contributed by atoms with van der Waals surface area (Å²) < 4.78 is 1.42. The van der Waals surface area contributed by atoms with Crippen LogP contribution < -0.4 is 5.56 Å². The summed E-state index contributed by atoms with van der Waals surface area (Å²) in [6, 6.07) is 9.66. The number of hydrogen-bond acceptors (Lipinski definition) is 6. The van der Waals surface area contributed by atoms with Crippen LogP contribution in [0.3, 0.4) is 0 Å². The van der Waals surface area contributed by atoms with Crippen molar-refractivity contribution in [3.63, 3.8) is 0 Å². The molecule has 3 heterocycles. The Kier molecular flexibility index (Phi) is 4.71. The molecule has 1 fully saturated rings. The number of aromatic nitrogens is 2. The molecule has 0 atom stereocenters. The quantitative estimate of drug-likeness (QED) is 0.690. The molecule has 8 heteroatoms. The van der Waals surface area contributed by atoms with Crippen LogP contribution in [0.25, 0.3) is 4.96 Å². The Bertz CT molecular complexity index is 1070. The number of nitriles is 1. The lowest BCUT2D eigenvalue weighted by Gasteiger charge is -2.34. The van der Waals surface area contributed by atoms with Gasteiger partial charge in [0.25, 0.3) is 11.5 Å². The summed E-state index contributed by atoms with van der Waals surface area (Å²) in [5.74, 6) is -0.258. The Morgan fingerprint density at radius 1 is 1.19 bits per heavy atom. The van der Waals surface area contributed by atoms with Crippen LogP contribution in [0.15, 0.2) is 46.8 Å². The van der Waals surface area contributed by atoms with E-state index in [2.05, 4.69) is 16.0 Å². The maximum Gasteiger partial charge on any atom is 0.271 e. The largest absolute Gasteiger partial charge is 0.336 e. The highest BCUT2D eigenvalue weighted by molar-refractivity contribution is 7.15. The van der Waals surface area contributed by atoms with Gasteiger partial charge in [0.2, 0.25) is 0 Å². The van der Waals surface area contributed by atoms with E-state index < -0.39 is 0 Å². The summed E-state index contributed by atoms with van der Waals surface area (Å²) in [4.78, 5) is 34.0. The van der Waals surface area contributed by atoms with Crippen LogP contribution in [-0.4, -0.2) is 51.3 Å². The number of hydrogen-bond donors (Lipinski definition) is 0. The van der Waals surface area contributed by atoms with E-state index in [-0.39, 0.29) is 17.0 Å². The van der Waals surface area contributed by atoms with Gasteiger partial charge in [0, 0.05) is 50.5 Å². The van der Waals surface area contributed by atoms with E-state index in [1.54, 1.807) is 16.5 Å². The van der Waals surface area contributed by atoms with E-state index in [4.69, 9.17) is 5.26 Å². The van der Waals surface area contributed by atoms with E-state index >= 15 is 0 Å². The summed E-state index contributed by atoms with van der Waals surface area (Å²) in [6.45, 7) is 3.39. The molecule has 1 saturated heterocycles. The van der Waals surface area contributed by atoms with Crippen molar-refractivity contribution >= 4 is 22.2 Å². The lowest BCUT2D eigenvalue weighted by atomic mass is 10.1. The van der Waals surface area contributed by atoms with E-state index in [0.29, 0.717) is 23.6 Å². The van der Waals surface area contributed by atoms with Gasteiger partial charge in [0.1, 0.15) is 5.56 Å². The van der Waals surface area contributed by atoms with Crippen molar-refractivity contribution in [2.45, 2.75) is 6.54 Å². The number of carbonyl (C=O) groups excluding carboxylic acids is 1. The van der Waals surface area contributed by atoms with Crippen LogP contribution in [0.4, 0.5) is 0 Å². The highest BCUT2D eigenvalue weighted by atomic mass is 32.1. The van der Waals surface area contributed by atoms with Crippen molar-refractivity contribution < 1.29 is 4.79 Å². The monoisotopic (exact) mass is 379 g/mol. The normalized spacial score (nSPS) is 15.0. The Morgan fingerprint density at radius 2 is 1.93 bits per heavy atom. The predicted octanol–water partition coefficient (Wildman–Crippen LogP) is 1.59. The standard InChI is InChI=1S/C19H17N5O2S/c20-11-14-1-3-15(4-2-14)13-22-5-7-23(8-6-22)17(25)16-12-21-19-24(18(16)26)9-10-27-19/h1-4,9-10,12H,5-8,13H2. The Hall–Kier alpha value is -3.02. The van der Waals surface area contributed by atoms with Gasteiger partial charge >= 0.3 is 0 Å². The topological polar surface area (TPSA) is 81.7 Å². The van der Waals surface area contributed by atoms with Gasteiger partial charge in [-0.05, 0) is 17.7 Å². The number of rotatable bonds is 3. The second-order valence-electron chi connectivity index (χ2n) is 6.41. The SMILES string of the molecule is N#Cc1ccc(CN2CCN(C(=O)c3cnc4sccn4c3=O)CC2)cc1. The van der Waals surface area contributed by atoms with E-state index in [0.717, 1.165) is 25.2 Å². The average Bonchev–Trinajstić information content (AvgIpc) is 3.19. The fraction of sp³-hybridized carbons (Fsp3) is 0.263. The minimum absolute atomic E-state index is 0.117. The summed E-state index contributed by atoms with van der Waals surface area (Å²) in [5, 5.41) is 10.6. The van der Waals surface area contributed by atoms with Gasteiger partial charge in [0.15, 0.2) is 4.96 Å². The first kappa shape index (κ1) is 17.4. The number of piperazine rings is 1. The van der Waals surface area contributed by atoms with Crippen molar-refractivity contribution in [3.05, 3.63) is 69.1 Å². The molecule has 0 spiro atoms. The lowest BCUT2D eigenvalue weighted by Crippen LogP contribution is -2.49. The third-order valence-corrected chi connectivity index (χ3v) is 5.49. The van der Waals surface area contributed by atoms with Crippen molar-refractivity contribution in [2.75, 3.05) is 26.2 Å². The Morgan fingerprint density at radius 3 is 2.63 bits per heavy atom. The molecule has 0 bridgehead atoms. The zero-order valence-electron chi connectivity index (χ0n) is 14.5. The summed E-state index contributed by atoms with van der Waals surface area (Å²) in [5.41, 5.74) is 1.59. The molecule has 4 rings (SSSR count). The number of amides is 1. The Labute approximate surface area is 159 Å². The number of carbonyl (C=O) groups is 1. The molecular weight excluding hydrogens is 362 g/mol. The minimum Gasteiger partial charge on any atom is -0.336 e. The van der Waals surface area contributed by atoms with Gasteiger partial charge in [-0.2, -0.15) is 5.26 Å². The van der Waals surface area contributed by atoms with Crippen LogP contribution in [0.1, 0.15) is 21.5 Å². The molecule has 3 aromatic rings. The van der Waals surface area contributed by atoms with Crippen LogP contribution in [0.2, 0.25) is 0 Å². The molecule has 0 aliphatic carbocycles. The van der Waals surface area contributed by atoms with Gasteiger partial charge in [-0.15, -0.1) is 11.3 Å². The Balaban J connectivity index is 1.40. The molecule has 136 valence electrons. The highest BCUT2D eigenvalue weighted by Gasteiger charge is 2.24. The maximum absolute atomic E-state index is 12.7. The molecule has 0 saturated carbocycles. The fourth-order valence-corrected chi connectivity index (χ4v) is 3.87. The second-order valence-corrected chi connectivity index (χ2v) is 7.28. The van der Waals surface area contributed by atoms with Gasteiger partial charge in [0.05, 0.1) is 11.6 Å². The first-order valence-electron chi connectivity index (χ1n) is 8.61. The molecule has 1 aromatic carbocycles. The van der Waals surface area contributed by atoms with Crippen LogP contribution in [0.5, 0.6) is 0 Å². The third kappa shape index (κ3) is 3.47. The summed E-state index contributed by atoms with van der Waals surface area (Å²) in [7, 11) is 0. The van der Waals surface area contributed by atoms with E-state index in [1.165, 1.54) is 21.9 Å². The van der Waals surface area contributed by atoms with Gasteiger partial charge in [-0.3, -0.25) is 18.9 Å². The van der Waals surface area contributed by atoms with E-state index in [9.17, 15) is 9.59 Å². The predicted molar refractivity (Wildman–Crippen MR) is 102 cm³/mol. The zero-order chi connectivity index (χ0) is 18.8. The first-order valence-corrected chi connectivity index (χ1v) is 9.49. The number of benzene rings is 1. The van der Waals surface area contributed by atoms with Crippen LogP contribution in [-0.2, 0) is 6.54 Å². The average molecular weight is 379 g/mol. The number of nitrogens with zero attached hydrogens (tertiary/aromatic N) is 5. The molecule has 0 unspecified atom stereocenters. The molecule has 1 aliphatic heterocycles. The van der Waals surface area contributed by atoms with Crippen LogP contribution >= 0.6 is 11.3 Å². The summed E-state index contributed by atoms with van der Waals surface area (Å²) >= 11 is 1.36. The molecule has 1 aliphatic rings. The van der Waals surface area contributed by atoms with Crippen LogP contribution in [0, 0.1) is 11.3 Å². The highest BCUT2D eigenvalue weighted by Crippen LogP contribution is 2.12. The van der Waals surface area contributed by atoms with Crippen molar-refractivity contribution in [1.29, 1.82) is 5.26 Å². The second kappa shape index (κ2) is 7.31. The zero-order valence-corrected chi connectivity index (χ0v) is 15.4. The molecule has 2 aromatic heterocycles. The van der Waals surface area contributed by atoms with Gasteiger partial charge in [-0.25, -0.2) is 4.98 Å². The summed E-state index contributed by atoms with van der Waals surface area (Å²) in [6.07, 6.45) is 3.03. The third-order valence-electron chi connectivity index (χ3n) is 4.72. The van der Waals surface area contributed by atoms with Crippen molar-refractivity contribution in [1.82, 2.24) is 19.2 Å². The van der Waals surface area contributed by atoms with Gasteiger partial charge < -0.3 is 4.90 Å². The molecular formula is C19H17N5O2S. The smallest absolute Gasteiger partial charge is 0.271 e. The van der Waals surface area contributed by atoms with E-state index in [1.807, 2.05) is 24.3 Å². The molecule has 0 radical (unpaired) electrons. The lowest BCUT2D eigenvalue weighted by molar-refractivity contribution is 0.0626. The molecule has 27 heavy (non-hydrogen) atoms.